The Hall–Kier alpha value is -1.82. The highest BCUT2D eigenvalue weighted by molar-refractivity contribution is 7.13. The summed E-state index contributed by atoms with van der Waals surface area (Å²) in [5.41, 5.74) is 0.732. The first-order valence-electron chi connectivity index (χ1n) is 7.75. The Balaban J connectivity index is 1.49. The monoisotopic (exact) mass is 319 g/mol. The van der Waals surface area contributed by atoms with Gasteiger partial charge in [0.1, 0.15) is 6.26 Å². The second-order valence-electron chi connectivity index (χ2n) is 5.82. The average molecular weight is 319 g/mol. The van der Waals surface area contributed by atoms with Crippen LogP contribution in [0.15, 0.2) is 28.2 Å². The number of amides is 2. The van der Waals surface area contributed by atoms with Crippen LogP contribution in [0.1, 0.15) is 38.3 Å². The van der Waals surface area contributed by atoms with Crippen LogP contribution in [0.4, 0.5) is 4.79 Å². The lowest BCUT2D eigenvalue weighted by Gasteiger charge is -2.29. The number of carbonyl (C=O) groups excluding carboxylic acids is 1. The van der Waals surface area contributed by atoms with Gasteiger partial charge in [-0.15, -0.1) is 11.3 Å². The number of oxazole rings is 1. The fraction of sp³-hybridized carbons (Fsp3) is 0.500. The fourth-order valence-corrected chi connectivity index (χ4v) is 3.48. The maximum atomic E-state index is 12.0. The van der Waals surface area contributed by atoms with Crippen molar-refractivity contribution in [1.29, 1.82) is 0 Å². The predicted molar refractivity (Wildman–Crippen MR) is 86.6 cm³/mol. The summed E-state index contributed by atoms with van der Waals surface area (Å²) in [5.74, 6) is 1.16. The van der Waals surface area contributed by atoms with Crippen LogP contribution >= 0.6 is 11.3 Å². The van der Waals surface area contributed by atoms with Crippen molar-refractivity contribution in [2.75, 3.05) is 0 Å². The predicted octanol–water partition coefficient (Wildman–Crippen LogP) is 3.78. The van der Waals surface area contributed by atoms with Crippen LogP contribution in [0, 0.1) is 5.92 Å². The molecular weight excluding hydrogens is 298 g/mol. The number of nitrogens with one attached hydrogen (secondary N) is 2. The van der Waals surface area contributed by atoms with Gasteiger partial charge in [0.15, 0.2) is 0 Å². The Morgan fingerprint density at radius 1 is 1.45 bits per heavy atom. The van der Waals surface area contributed by atoms with Crippen LogP contribution in [0.25, 0.3) is 10.8 Å². The second kappa shape index (κ2) is 6.96. The van der Waals surface area contributed by atoms with Crippen LogP contribution in [0.2, 0.25) is 0 Å². The summed E-state index contributed by atoms with van der Waals surface area (Å²) < 4.78 is 5.44. The molecule has 0 spiro atoms. The highest BCUT2D eigenvalue weighted by Gasteiger charge is 2.22. The van der Waals surface area contributed by atoms with Gasteiger partial charge in [-0.2, -0.15) is 0 Å². The summed E-state index contributed by atoms with van der Waals surface area (Å²) in [6, 6.07) is 4.08. The molecule has 1 saturated carbocycles. The summed E-state index contributed by atoms with van der Waals surface area (Å²) >= 11 is 1.58. The molecular formula is C16H21N3O2S. The summed E-state index contributed by atoms with van der Waals surface area (Å²) in [4.78, 5) is 17.4. The fourth-order valence-electron chi connectivity index (χ4n) is 2.82. The lowest BCUT2D eigenvalue weighted by molar-refractivity contribution is 0.221. The molecule has 22 heavy (non-hydrogen) atoms. The molecule has 2 atom stereocenters. The van der Waals surface area contributed by atoms with E-state index in [1.165, 1.54) is 19.3 Å². The van der Waals surface area contributed by atoms with Crippen molar-refractivity contribution in [2.24, 2.45) is 5.92 Å². The van der Waals surface area contributed by atoms with E-state index in [2.05, 4.69) is 22.5 Å². The van der Waals surface area contributed by atoms with Gasteiger partial charge in [0.25, 0.3) is 0 Å². The molecule has 5 nitrogen and oxygen atoms in total. The van der Waals surface area contributed by atoms with Gasteiger partial charge in [-0.05, 0) is 30.2 Å². The van der Waals surface area contributed by atoms with E-state index in [1.54, 1.807) is 17.6 Å². The number of aromatic nitrogens is 1. The Bertz CT molecular complexity index is 609. The second-order valence-corrected chi connectivity index (χ2v) is 6.76. The van der Waals surface area contributed by atoms with Gasteiger partial charge >= 0.3 is 6.03 Å². The lowest BCUT2D eigenvalue weighted by Crippen LogP contribution is -2.45. The molecule has 6 heteroatoms. The first-order valence-corrected chi connectivity index (χ1v) is 8.63. The first-order chi connectivity index (χ1) is 10.7. The highest BCUT2D eigenvalue weighted by Crippen LogP contribution is 2.24. The zero-order valence-electron chi connectivity index (χ0n) is 12.7. The van der Waals surface area contributed by atoms with Gasteiger partial charge < -0.3 is 15.1 Å². The number of thiophene rings is 1. The van der Waals surface area contributed by atoms with Crippen molar-refractivity contribution in [3.8, 4) is 10.8 Å². The van der Waals surface area contributed by atoms with E-state index in [9.17, 15) is 4.79 Å². The average Bonchev–Trinajstić information content (AvgIpc) is 3.18. The summed E-state index contributed by atoms with van der Waals surface area (Å²) in [7, 11) is 0. The third kappa shape index (κ3) is 3.68. The summed E-state index contributed by atoms with van der Waals surface area (Å²) in [6.45, 7) is 2.58. The molecule has 0 radical (unpaired) electrons. The molecule has 118 valence electrons. The van der Waals surface area contributed by atoms with Gasteiger partial charge in [0.05, 0.1) is 17.1 Å². The Labute approximate surface area is 134 Å². The quantitative estimate of drug-likeness (QED) is 0.901. The van der Waals surface area contributed by atoms with Gasteiger partial charge in [-0.1, -0.05) is 25.8 Å². The molecule has 2 unspecified atom stereocenters. The highest BCUT2D eigenvalue weighted by atomic mass is 32.1. The minimum Gasteiger partial charge on any atom is -0.443 e. The van der Waals surface area contributed by atoms with Crippen molar-refractivity contribution >= 4 is 17.4 Å². The number of hydrogen-bond donors (Lipinski definition) is 2. The van der Waals surface area contributed by atoms with Gasteiger partial charge in [0.2, 0.25) is 5.89 Å². The van der Waals surface area contributed by atoms with Gasteiger partial charge in [-0.3, -0.25) is 0 Å². The smallest absolute Gasteiger partial charge is 0.315 e. The topological polar surface area (TPSA) is 67.2 Å². The van der Waals surface area contributed by atoms with E-state index in [1.807, 2.05) is 17.5 Å². The van der Waals surface area contributed by atoms with Crippen molar-refractivity contribution in [3.05, 3.63) is 29.5 Å². The van der Waals surface area contributed by atoms with E-state index in [-0.39, 0.29) is 12.1 Å². The summed E-state index contributed by atoms with van der Waals surface area (Å²) in [5, 5.41) is 7.91. The molecule has 2 aromatic rings. The minimum atomic E-state index is -0.126. The molecule has 3 rings (SSSR count). The maximum Gasteiger partial charge on any atom is 0.315 e. The maximum absolute atomic E-state index is 12.0. The van der Waals surface area contributed by atoms with Gasteiger partial charge in [-0.25, -0.2) is 9.78 Å². The number of rotatable bonds is 4. The normalized spacial score (nSPS) is 21.5. The lowest BCUT2D eigenvalue weighted by atomic mass is 9.86. The van der Waals surface area contributed by atoms with Crippen molar-refractivity contribution < 1.29 is 9.21 Å². The van der Waals surface area contributed by atoms with E-state index in [0.29, 0.717) is 18.4 Å². The molecule has 1 aliphatic carbocycles. The van der Waals surface area contributed by atoms with E-state index in [0.717, 1.165) is 17.0 Å². The van der Waals surface area contributed by atoms with Crippen LogP contribution < -0.4 is 10.6 Å². The Morgan fingerprint density at radius 2 is 2.32 bits per heavy atom. The molecule has 2 N–H and O–H groups in total. The molecule has 2 amide bonds. The molecule has 1 fully saturated rings. The van der Waals surface area contributed by atoms with E-state index >= 15 is 0 Å². The minimum absolute atomic E-state index is 0.126. The number of nitrogens with zero attached hydrogens (tertiary/aromatic N) is 1. The van der Waals surface area contributed by atoms with Crippen LogP contribution in [-0.4, -0.2) is 17.1 Å². The standard InChI is InChI=1S/C16H21N3O2S/c1-11-5-2-3-6-13(11)19-16(20)17-9-12-10-21-15(18-12)14-7-4-8-22-14/h4,7-8,10-11,13H,2-3,5-6,9H2,1H3,(H2,17,19,20). The van der Waals surface area contributed by atoms with Crippen LogP contribution in [0.5, 0.6) is 0 Å². The van der Waals surface area contributed by atoms with Crippen molar-refractivity contribution in [3.63, 3.8) is 0 Å². The van der Waals surface area contributed by atoms with E-state index < -0.39 is 0 Å². The Morgan fingerprint density at radius 3 is 3.09 bits per heavy atom. The third-order valence-electron chi connectivity index (χ3n) is 4.14. The molecule has 2 heterocycles. The van der Waals surface area contributed by atoms with E-state index in [4.69, 9.17) is 4.42 Å². The number of carbonyl (C=O) groups is 1. The van der Waals surface area contributed by atoms with Crippen LogP contribution in [-0.2, 0) is 6.54 Å². The molecule has 0 aliphatic heterocycles. The SMILES string of the molecule is CC1CCCCC1NC(=O)NCc1coc(-c2cccs2)n1. The summed E-state index contributed by atoms with van der Waals surface area (Å²) in [6.07, 6.45) is 6.33. The number of hydrogen-bond acceptors (Lipinski definition) is 4. The molecule has 2 aromatic heterocycles. The molecule has 0 aromatic carbocycles. The van der Waals surface area contributed by atoms with Gasteiger partial charge in [0, 0.05) is 6.04 Å². The van der Waals surface area contributed by atoms with Crippen molar-refractivity contribution in [1.82, 2.24) is 15.6 Å². The Kier molecular flexibility index (Phi) is 4.77. The largest absolute Gasteiger partial charge is 0.443 e. The zero-order valence-corrected chi connectivity index (χ0v) is 13.5. The molecule has 0 bridgehead atoms. The van der Waals surface area contributed by atoms with Crippen LogP contribution in [0.3, 0.4) is 0 Å². The molecule has 0 saturated heterocycles. The molecule has 1 aliphatic rings. The van der Waals surface area contributed by atoms with Crippen molar-refractivity contribution in [2.45, 2.75) is 45.2 Å². The first kappa shape index (κ1) is 15.1. The number of urea groups is 1. The zero-order chi connectivity index (χ0) is 15.4. The third-order valence-corrected chi connectivity index (χ3v) is 5.00.